The smallest absolute Gasteiger partial charge is 0.101 e. The number of hydrogen-bond donors (Lipinski definition) is 0. The topological polar surface area (TPSA) is 28.7 Å². The maximum atomic E-state index is 9.04. The molecule has 0 saturated heterocycles. The number of hydrogen-bond acceptors (Lipinski definition) is 1. The van der Waals surface area contributed by atoms with Crippen LogP contribution in [0, 0.1) is 11.3 Å². The molecule has 0 saturated carbocycles. The third-order valence-corrected chi connectivity index (χ3v) is 3.12. The van der Waals surface area contributed by atoms with Crippen LogP contribution in [0.4, 0.5) is 0 Å². The number of para-hydroxylation sites is 1. The highest BCUT2D eigenvalue weighted by Gasteiger charge is 2.12. The van der Waals surface area contributed by atoms with Crippen molar-refractivity contribution in [3.63, 3.8) is 0 Å². The van der Waals surface area contributed by atoms with E-state index in [1.54, 1.807) is 0 Å². The molecule has 0 amide bonds. The van der Waals surface area contributed by atoms with Gasteiger partial charge in [-0.3, -0.25) is 0 Å². The number of fused-ring (bicyclic) bond motifs is 1. The summed E-state index contributed by atoms with van der Waals surface area (Å²) in [5.74, 6) is 0. The lowest BCUT2D eigenvalue weighted by molar-refractivity contribution is 0.622. The number of nitriles is 1. The largest absolute Gasteiger partial charge is 0.343 e. The molecular weight excluding hydrogens is 252 g/mol. The van der Waals surface area contributed by atoms with Crippen LogP contribution in [-0.4, -0.2) is 4.57 Å². The van der Waals surface area contributed by atoms with Gasteiger partial charge in [-0.15, -0.1) is 0 Å². The molecule has 1 aromatic heterocycles. The van der Waals surface area contributed by atoms with E-state index >= 15 is 0 Å². The third kappa shape index (κ3) is 1.55. The number of aromatic nitrogens is 1. The molecule has 0 bridgehead atoms. The Bertz CT molecular complexity index is 546. The Morgan fingerprint density at radius 3 is 2.73 bits per heavy atom. The van der Waals surface area contributed by atoms with Crippen LogP contribution in [0.15, 0.2) is 28.9 Å². The van der Waals surface area contributed by atoms with Gasteiger partial charge in [-0.25, -0.2) is 0 Å². The minimum atomic E-state index is 0.355. The van der Waals surface area contributed by atoms with Gasteiger partial charge in [-0.05, 0) is 35.8 Å². The normalized spacial score (nSPS) is 10.9. The predicted octanol–water partition coefficient (Wildman–Crippen LogP) is 3.86. The molecule has 3 heteroatoms. The fraction of sp³-hybridized carbons (Fsp3) is 0.250. The summed E-state index contributed by atoms with van der Waals surface area (Å²) in [7, 11) is 0. The number of rotatable bonds is 1. The maximum absolute atomic E-state index is 9.04. The van der Waals surface area contributed by atoms with Gasteiger partial charge in [0.1, 0.15) is 6.07 Å². The SMILES string of the molecule is CC(C)n1cc(C#N)c2cccc(Br)c21. The molecule has 15 heavy (non-hydrogen) atoms. The highest BCUT2D eigenvalue weighted by Crippen LogP contribution is 2.30. The van der Waals surface area contributed by atoms with Crippen LogP contribution in [0.25, 0.3) is 10.9 Å². The zero-order chi connectivity index (χ0) is 11.0. The van der Waals surface area contributed by atoms with Crippen molar-refractivity contribution in [1.82, 2.24) is 4.57 Å². The standard InChI is InChI=1S/C12H11BrN2/c1-8(2)15-7-9(6-14)10-4-3-5-11(13)12(10)15/h3-5,7-8H,1-2H3. The predicted molar refractivity (Wildman–Crippen MR) is 64.7 cm³/mol. The Hall–Kier alpha value is -1.27. The van der Waals surface area contributed by atoms with Crippen molar-refractivity contribution in [2.45, 2.75) is 19.9 Å². The van der Waals surface area contributed by atoms with E-state index in [2.05, 4.69) is 40.4 Å². The molecule has 0 spiro atoms. The van der Waals surface area contributed by atoms with E-state index in [0.29, 0.717) is 6.04 Å². The van der Waals surface area contributed by atoms with Crippen LogP contribution < -0.4 is 0 Å². The lowest BCUT2D eigenvalue weighted by Crippen LogP contribution is -1.98. The molecule has 2 rings (SSSR count). The summed E-state index contributed by atoms with van der Waals surface area (Å²) in [5.41, 5.74) is 1.84. The van der Waals surface area contributed by atoms with E-state index in [-0.39, 0.29) is 0 Å². The summed E-state index contributed by atoms with van der Waals surface area (Å²) in [4.78, 5) is 0. The number of nitrogens with zero attached hydrogens (tertiary/aromatic N) is 2. The van der Waals surface area contributed by atoms with Crippen LogP contribution >= 0.6 is 15.9 Å². The summed E-state index contributed by atoms with van der Waals surface area (Å²) in [6, 6.07) is 8.53. The van der Waals surface area contributed by atoms with Crippen molar-refractivity contribution in [1.29, 1.82) is 5.26 Å². The quantitative estimate of drug-likeness (QED) is 0.768. The molecule has 1 aromatic carbocycles. The van der Waals surface area contributed by atoms with Crippen molar-refractivity contribution in [2.75, 3.05) is 0 Å². The van der Waals surface area contributed by atoms with Crippen LogP contribution in [0.1, 0.15) is 25.5 Å². The highest BCUT2D eigenvalue weighted by atomic mass is 79.9. The summed E-state index contributed by atoms with van der Waals surface area (Å²) >= 11 is 3.53. The number of halogens is 1. The van der Waals surface area contributed by atoms with Gasteiger partial charge < -0.3 is 4.57 Å². The lowest BCUT2D eigenvalue weighted by Gasteiger charge is -2.09. The zero-order valence-corrected chi connectivity index (χ0v) is 10.2. The first-order valence-electron chi connectivity index (χ1n) is 4.84. The van der Waals surface area contributed by atoms with Crippen molar-refractivity contribution in [3.05, 3.63) is 34.4 Å². The molecule has 0 unspecified atom stereocenters. The summed E-state index contributed by atoms with van der Waals surface area (Å²) in [5, 5.41) is 10.1. The minimum absolute atomic E-state index is 0.355. The van der Waals surface area contributed by atoms with E-state index < -0.39 is 0 Å². The molecule has 0 atom stereocenters. The third-order valence-electron chi connectivity index (χ3n) is 2.48. The second-order valence-electron chi connectivity index (χ2n) is 3.79. The van der Waals surface area contributed by atoms with Crippen LogP contribution in [0.2, 0.25) is 0 Å². The fourth-order valence-electron chi connectivity index (χ4n) is 1.76. The molecular formula is C12H11BrN2. The molecule has 0 aliphatic rings. The second-order valence-corrected chi connectivity index (χ2v) is 4.65. The molecule has 2 nitrogen and oxygen atoms in total. The second kappa shape index (κ2) is 3.71. The average molecular weight is 263 g/mol. The Balaban J connectivity index is 2.89. The van der Waals surface area contributed by atoms with Gasteiger partial charge in [-0.1, -0.05) is 12.1 Å². The van der Waals surface area contributed by atoms with Crippen molar-refractivity contribution >= 4 is 26.8 Å². The van der Waals surface area contributed by atoms with Crippen LogP contribution in [0.5, 0.6) is 0 Å². The summed E-state index contributed by atoms with van der Waals surface area (Å²) in [6.45, 7) is 4.22. The summed E-state index contributed by atoms with van der Waals surface area (Å²) < 4.78 is 3.16. The van der Waals surface area contributed by atoms with Gasteiger partial charge in [0.05, 0.1) is 11.1 Å². The molecule has 0 aliphatic heterocycles. The van der Waals surface area contributed by atoms with E-state index in [1.165, 1.54) is 0 Å². The number of benzene rings is 1. The van der Waals surface area contributed by atoms with Crippen LogP contribution in [-0.2, 0) is 0 Å². The van der Waals surface area contributed by atoms with Gasteiger partial charge in [0.2, 0.25) is 0 Å². The van der Waals surface area contributed by atoms with Crippen molar-refractivity contribution in [2.24, 2.45) is 0 Å². The monoisotopic (exact) mass is 262 g/mol. The zero-order valence-electron chi connectivity index (χ0n) is 8.66. The Morgan fingerprint density at radius 1 is 1.40 bits per heavy atom. The van der Waals surface area contributed by atoms with Crippen molar-refractivity contribution in [3.8, 4) is 6.07 Å². The maximum Gasteiger partial charge on any atom is 0.101 e. The first kappa shape index (κ1) is 10.3. The minimum Gasteiger partial charge on any atom is -0.343 e. The Kier molecular flexibility index (Phi) is 2.54. The van der Waals surface area contributed by atoms with E-state index in [9.17, 15) is 0 Å². The van der Waals surface area contributed by atoms with E-state index in [4.69, 9.17) is 5.26 Å². The molecule has 2 aromatic rings. The summed E-state index contributed by atoms with van der Waals surface area (Å²) in [6.07, 6.45) is 1.92. The molecule has 0 N–H and O–H groups in total. The van der Waals surface area contributed by atoms with Gasteiger partial charge in [0, 0.05) is 22.1 Å². The molecule has 1 heterocycles. The Labute approximate surface area is 97.3 Å². The van der Waals surface area contributed by atoms with Crippen molar-refractivity contribution < 1.29 is 0 Å². The first-order valence-corrected chi connectivity index (χ1v) is 5.63. The lowest BCUT2D eigenvalue weighted by atomic mass is 10.2. The van der Waals surface area contributed by atoms with Gasteiger partial charge >= 0.3 is 0 Å². The molecule has 76 valence electrons. The van der Waals surface area contributed by atoms with E-state index in [0.717, 1.165) is 20.9 Å². The van der Waals surface area contributed by atoms with Gasteiger partial charge in [0.15, 0.2) is 0 Å². The van der Waals surface area contributed by atoms with Crippen LogP contribution in [0.3, 0.4) is 0 Å². The fourth-order valence-corrected chi connectivity index (χ4v) is 2.34. The molecule has 0 aliphatic carbocycles. The molecule has 0 radical (unpaired) electrons. The van der Waals surface area contributed by atoms with E-state index in [1.807, 2.05) is 24.4 Å². The average Bonchev–Trinajstić information content (AvgIpc) is 2.58. The van der Waals surface area contributed by atoms with Gasteiger partial charge in [0.25, 0.3) is 0 Å². The van der Waals surface area contributed by atoms with Gasteiger partial charge in [-0.2, -0.15) is 5.26 Å². The first-order chi connectivity index (χ1) is 7.15. The molecule has 0 fully saturated rings. The Morgan fingerprint density at radius 2 is 2.13 bits per heavy atom. The highest BCUT2D eigenvalue weighted by molar-refractivity contribution is 9.10.